The molecule has 0 aliphatic carbocycles. The molecule has 4 nitrogen and oxygen atoms in total. The van der Waals surface area contributed by atoms with Gasteiger partial charge in [-0.05, 0) is 43.6 Å². The lowest BCUT2D eigenvalue weighted by atomic mass is 9.95. The van der Waals surface area contributed by atoms with Crippen LogP contribution in [0, 0.1) is 5.92 Å². The lowest BCUT2D eigenvalue weighted by Gasteiger charge is -2.24. The molecule has 0 saturated carbocycles. The van der Waals surface area contributed by atoms with Crippen LogP contribution >= 0.6 is 0 Å². The van der Waals surface area contributed by atoms with Crippen LogP contribution in [0.15, 0.2) is 12.1 Å². The van der Waals surface area contributed by atoms with Crippen molar-refractivity contribution >= 4 is 0 Å². The average Bonchev–Trinajstić information content (AvgIpc) is 2.86. The third kappa shape index (κ3) is 3.11. The number of halogens is 2. The zero-order valence-corrected chi connectivity index (χ0v) is 12.6. The molecular weight excluding hydrogens is 278 g/mol. The number of nitrogens with two attached hydrogens (primary N) is 1. The van der Waals surface area contributed by atoms with E-state index in [-0.39, 0.29) is 11.6 Å². The van der Waals surface area contributed by atoms with E-state index in [1.165, 1.54) is 20.3 Å². The molecule has 0 spiro atoms. The largest absolute Gasteiger partial charge is 0.493 e. The number of hydrogen-bond acceptors (Lipinski definition) is 4. The van der Waals surface area contributed by atoms with Gasteiger partial charge in [0, 0.05) is 18.2 Å². The van der Waals surface area contributed by atoms with Crippen molar-refractivity contribution in [3.8, 4) is 11.5 Å². The number of nitrogens with zero attached hydrogens (tertiary/aromatic N) is 1. The van der Waals surface area contributed by atoms with Crippen molar-refractivity contribution in [1.29, 1.82) is 0 Å². The molecule has 2 atom stereocenters. The van der Waals surface area contributed by atoms with Gasteiger partial charge < -0.3 is 15.2 Å². The van der Waals surface area contributed by atoms with Crippen molar-refractivity contribution in [3.05, 3.63) is 23.3 Å². The van der Waals surface area contributed by atoms with E-state index in [2.05, 4.69) is 4.90 Å². The molecule has 2 N–H and O–H groups in total. The van der Waals surface area contributed by atoms with E-state index in [0.29, 0.717) is 29.5 Å². The molecule has 2 unspecified atom stereocenters. The second-order valence-corrected chi connectivity index (χ2v) is 5.43. The van der Waals surface area contributed by atoms with Crippen LogP contribution in [0.4, 0.5) is 8.78 Å². The summed E-state index contributed by atoms with van der Waals surface area (Å²) in [6.07, 6.45) is -1.77. The topological polar surface area (TPSA) is 47.7 Å². The fraction of sp³-hybridized carbons (Fsp3) is 0.600. The van der Waals surface area contributed by atoms with E-state index in [9.17, 15) is 8.78 Å². The molecule has 1 aliphatic heterocycles. The normalized spacial score (nSPS) is 22.8. The number of hydrogen-bond donors (Lipinski definition) is 1. The Hall–Kier alpha value is -1.40. The molecule has 2 rings (SSSR count). The van der Waals surface area contributed by atoms with Gasteiger partial charge in [-0.15, -0.1) is 0 Å². The first-order valence-electron chi connectivity index (χ1n) is 6.96. The summed E-state index contributed by atoms with van der Waals surface area (Å²) < 4.78 is 37.2. The van der Waals surface area contributed by atoms with Crippen molar-refractivity contribution in [2.24, 2.45) is 11.7 Å². The zero-order chi connectivity index (χ0) is 15.6. The Kier molecular flexibility index (Phi) is 5.00. The van der Waals surface area contributed by atoms with Gasteiger partial charge in [0.2, 0.25) is 0 Å². The van der Waals surface area contributed by atoms with E-state index in [0.717, 1.165) is 13.0 Å². The van der Waals surface area contributed by atoms with Crippen LogP contribution in [0.2, 0.25) is 0 Å². The maximum absolute atomic E-state index is 13.4. The number of ether oxygens (including phenoxy) is 2. The second kappa shape index (κ2) is 6.58. The Morgan fingerprint density at radius 3 is 2.38 bits per heavy atom. The highest BCUT2D eigenvalue weighted by Crippen LogP contribution is 2.42. The Morgan fingerprint density at radius 1 is 1.29 bits per heavy atom. The molecule has 21 heavy (non-hydrogen) atoms. The summed E-state index contributed by atoms with van der Waals surface area (Å²) in [5, 5.41) is 0. The summed E-state index contributed by atoms with van der Waals surface area (Å²) in [4.78, 5) is 2.07. The van der Waals surface area contributed by atoms with E-state index in [1.807, 2.05) is 7.05 Å². The summed E-state index contributed by atoms with van der Waals surface area (Å²) in [5.74, 6) is 1.13. The Bertz CT molecular complexity index is 497. The molecule has 0 aromatic heterocycles. The molecule has 0 radical (unpaired) electrons. The molecule has 1 aromatic rings. The minimum absolute atomic E-state index is 0.00201. The van der Waals surface area contributed by atoms with Crippen LogP contribution in [0.3, 0.4) is 0 Å². The van der Waals surface area contributed by atoms with Crippen LogP contribution in [-0.4, -0.2) is 39.3 Å². The number of rotatable bonds is 5. The Balaban J connectivity index is 2.46. The monoisotopic (exact) mass is 300 g/mol. The van der Waals surface area contributed by atoms with Crippen LogP contribution in [-0.2, 0) is 0 Å². The third-order valence-corrected chi connectivity index (χ3v) is 4.15. The lowest BCUT2D eigenvalue weighted by Crippen LogP contribution is -2.21. The van der Waals surface area contributed by atoms with Gasteiger partial charge in [-0.3, -0.25) is 4.90 Å². The van der Waals surface area contributed by atoms with Gasteiger partial charge in [0.05, 0.1) is 14.2 Å². The van der Waals surface area contributed by atoms with Crippen molar-refractivity contribution in [2.75, 3.05) is 34.4 Å². The number of alkyl halides is 2. The second-order valence-electron chi connectivity index (χ2n) is 5.43. The fourth-order valence-corrected chi connectivity index (χ4v) is 3.03. The highest BCUT2D eigenvalue weighted by Gasteiger charge is 2.33. The molecule has 0 bridgehead atoms. The van der Waals surface area contributed by atoms with Crippen LogP contribution in [0.1, 0.15) is 30.0 Å². The van der Waals surface area contributed by atoms with Gasteiger partial charge >= 0.3 is 0 Å². The summed E-state index contributed by atoms with van der Waals surface area (Å²) in [6.45, 7) is 1.39. The Labute approximate surface area is 123 Å². The van der Waals surface area contributed by atoms with Crippen LogP contribution < -0.4 is 15.2 Å². The van der Waals surface area contributed by atoms with Crippen molar-refractivity contribution in [2.45, 2.75) is 18.9 Å². The first-order valence-corrected chi connectivity index (χ1v) is 6.96. The zero-order valence-electron chi connectivity index (χ0n) is 12.6. The van der Waals surface area contributed by atoms with E-state index in [1.54, 1.807) is 6.07 Å². The third-order valence-electron chi connectivity index (χ3n) is 4.15. The standard InChI is InChI=1S/C15H22F2N2O2/c1-19-8-9(7-18)4-12(19)10-5-13(20-2)14(21-3)6-11(10)15(16)17/h5-6,9,12,15H,4,7-8,18H2,1-3H3. The number of methoxy groups -OCH3 is 2. The smallest absolute Gasteiger partial charge is 0.264 e. The first-order chi connectivity index (χ1) is 10.0. The molecule has 1 heterocycles. The number of likely N-dealkylation sites (tertiary alicyclic amines) is 1. The molecule has 1 saturated heterocycles. The van der Waals surface area contributed by atoms with E-state index >= 15 is 0 Å². The number of benzene rings is 1. The van der Waals surface area contributed by atoms with Crippen LogP contribution in [0.5, 0.6) is 11.5 Å². The lowest BCUT2D eigenvalue weighted by molar-refractivity contribution is 0.147. The first kappa shape index (κ1) is 16.0. The molecule has 6 heteroatoms. The van der Waals surface area contributed by atoms with E-state index < -0.39 is 6.43 Å². The summed E-state index contributed by atoms with van der Waals surface area (Å²) in [6, 6.07) is 2.98. The predicted octanol–water partition coefficient (Wildman–Crippen LogP) is 2.59. The highest BCUT2D eigenvalue weighted by atomic mass is 19.3. The van der Waals surface area contributed by atoms with Gasteiger partial charge in [0.25, 0.3) is 6.43 Å². The maximum Gasteiger partial charge on any atom is 0.264 e. The minimum atomic E-state index is -2.55. The molecule has 1 aliphatic rings. The maximum atomic E-state index is 13.4. The molecule has 0 amide bonds. The minimum Gasteiger partial charge on any atom is -0.493 e. The molecule has 118 valence electrons. The van der Waals surface area contributed by atoms with Crippen molar-refractivity contribution in [1.82, 2.24) is 4.90 Å². The summed E-state index contributed by atoms with van der Waals surface area (Å²) in [5.41, 5.74) is 6.32. The van der Waals surface area contributed by atoms with Crippen molar-refractivity contribution < 1.29 is 18.3 Å². The summed E-state index contributed by atoms with van der Waals surface area (Å²) in [7, 11) is 4.88. The predicted molar refractivity (Wildman–Crippen MR) is 77.0 cm³/mol. The molecule has 1 fully saturated rings. The van der Waals surface area contributed by atoms with Gasteiger partial charge in [-0.25, -0.2) is 8.78 Å². The van der Waals surface area contributed by atoms with Gasteiger partial charge in [-0.2, -0.15) is 0 Å². The van der Waals surface area contributed by atoms with Crippen LogP contribution in [0.25, 0.3) is 0 Å². The SMILES string of the molecule is COc1cc(C(F)F)c(C2CC(CN)CN2C)cc1OC. The quantitative estimate of drug-likeness (QED) is 0.908. The molecular formula is C15H22F2N2O2. The molecule has 1 aromatic carbocycles. The highest BCUT2D eigenvalue weighted by molar-refractivity contribution is 5.49. The Morgan fingerprint density at radius 2 is 1.90 bits per heavy atom. The van der Waals surface area contributed by atoms with Gasteiger partial charge in [0.15, 0.2) is 11.5 Å². The van der Waals surface area contributed by atoms with E-state index in [4.69, 9.17) is 15.2 Å². The van der Waals surface area contributed by atoms with Gasteiger partial charge in [-0.1, -0.05) is 0 Å². The fourth-order valence-electron chi connectivity index (χ4n) is 3.03. The van der Waals surface area contributed by atoms with Crippen molar-refractivity contribution in [3.63, 3.8) is 0 Å². The van der Waals surface area contributed by atoms with Gasteiger partial charge in [0.1, 0.15) is 0 Å². The summed E-state index contributed by atoms with van der Waals surface area (Å²) >= 11 is 0. The average molecular weight is 300 g/mol.